The van der Waals surface area contributed by atoms with Crippen LogP contribution in [0.4, 0.5) is 10.2 Å². The maximum atomic E-state index is 14.8. The molecule has 6 N–H and O–H groups in total. The molecule has 0 atom stereocenters. The Balaban J connectivity index is 0.00000158. The van der Waals surface area contributed by atoms with Crippen molar-refractivity contribution in [2.24, 2.45) is 5.73 Å². The third-order valence-electron chi connectivity index (χ3n) is 5.76. The van der Waals surface area contributed by atoms with Crippen molar-refractivity contribution in [3.8, 4) is 11.3 Å². The van der Waals surface area contributed by atoms with Crippen molar-refractivity contribution in [3.05, 3.63) is 76.3 Å². The highest BCUT2D eigenvalue weighted by Gasteiger charge is 2.23. The first-order chi connectivity index (χ1) is 16.4. The van der Waals surface area contributed by atoms with Crippen molar-refractivity contribution in [1.82, 2.24) is 15.3 Å². The van der Waals surface area contributed by atoms with Crippen LogP contribution in [0.25, 0.3) is 11.3 Å². The molecule has 3 aromatic rings. The number of aromatic nitrogens is 2. The molecule has 0 aliphatic heterocycles. The maximum Gasteiger partial charge on any atom is 0.254 e. The molecule has 4 rings (SSSR count). The number of aliphatic hydroxyl groups is 1. The van der Waals surface area contributed by atoms with Gasteiger partial charge in [-0.25, -0.2) is 14.4 Å². The molecular weight excluding hydrogens is 457 g/mol. The third-order valence-corrected chi connectivity index (χ3v) is 6.00. The molecule has 0 spiro atoms. The SMILES string of the molecule is CN.Nc1ncc(C2CCC(O)CC2)nc1-c1ccc(C(=O)NCc2cccc(Cl)c2)c(F)c1. The van der Waals surface area contributed by atoms with Crippen LogP contribution < -0.4 is 16.8 Å². The molecule has 1 fully saturated rings. The van der Waals surface area contributed by atoms with Crippen molar-refractivity contribution >= 4 is 23.3 Å². The zero-order valence-corrected chi connectivity index (χ0v) is 19.7. The Morgan fingerprint density at radius 3 is 2.59 bits per heavy atom. The smallest absolute Gasteiger partial charge is 0.254 e. The fourth-order valence-electron chi connectivity index (χ4n) is 3.96. The number of nitrogens with two attached hydrogens (primary N) is 2. The van der Waals surface area contributed by atoms with Crippen molar-refractivity contribution in [2.45, 2.75) is 44.2 Å². The standard InChI is InChI=1S/C24H24ClFN4O2.CH5N/c25-17-3-1-2-14(10-17)12-29-24(32)19-9-6-16(11-20(19)26)22-23(27)28-13-21(30-22)15-4-7-18(31)8-5-15;1-2/h1-3,6,9-11,13,15,18,31H,4-5,7-8,12H2,(H2,27,28)(H,29,32);2H2,1H3. The molecule has 1 saturated carbocycles. The van der Waals surface area contributed by atoms with Gasteiger partial charge in [0, 0.05) is 23.0 Å². The van der Waals surface area contributed by atoms with Gasteiger partial charge in [-0.1, -0.05) is 29.8 Å². The van der Waals surface area contributed by atoms with E-state index in [0.717, 1.165) is 36.9 Å². The first-order valence-electron chi connectivity index (χ1n) is 11.1. The van der Waals surface area contributed by atoms with Crippen molar-refractivity contribution in [3.63, 3.8) is 0 Å². The van der Waals surface area contributed by atoms with E-state index in [0.29, 0.717) is 16.3 Å². The highest BCUT2D eigenvalue weighted by Crippen LogP contribution is 2.33. The molecule has 7 nitrogen and oxygen atoms in total. The van der Waals surface area contributed by atoms with Crippen LogP contribution in [0, 0.1) is 5.82 Å². The number of carbonyl (C=O) groups is 1. The summed E-state index contributed by atoms with van der Waals surface area (Å²) in [6.07, 6.45) is 4.46. The Labute approximate surface area is 203 Å². The fourth-order valence-corrected chi connectivity index (χ4v) is 4.18. The summed E-state index contributed by atoms with van der Waals surface area (Å²) in [6.45, 7) is 0.233. The predicted molar refractivity (Wildman–Crippen MR) is 132 cm³/mol. The van der Waals surface area contributed by atoms with Crippen molar-refractivity contribution in [2.75, 3.05) is 12.8 Å². The summed E-state index contributed by atoms with van der Waals surface area (Å²) in [5, 5.41) is 13.0. The van der Waals surface area contributed by atoms with Gasteiger partial charge < -0.3 is 21.9 Å². The Morgan fingerprint density at radius 1 is 1.18 bits per heavy atom. The number of nitrogens with one attached hydrogen (secondary N) is 1. The van der Waals surface area contributed by atoms with Crippen LogP contribution in [-0.4, -0.2) is 34.1 Å². The Morgan fingerprint density at radius 2 is 1.91 bits per heavy atom. The second kappa shape index (κ2) is 11.9. The highest BCUT2D eigenvalue weighted by atomic mass is 35.5. The monoisotopic (exact) mass is 485 g/mol. The Bertz CT molecular complexity index is 1140. The van der Waals surface area contributed by atoms with Gasteiger partial charge in [-0.3, -0.25) is 4.79 Å². The zero-order valence-electron chi connectivity index (χ0n) is 19.0. The van der Waals surface area contributed by atoms with E-state index >= 15 is 0 Å². The first kappa shape index (κ1) is 25.6. The van der Waals surface area contributed by atoms with Gasteiger partial charge in [-0.2, -0.15) is 0 Å². The number of hydrogen-bond acceptors (Lipinski definition) is 6. The lowest BCUT2D eigenvalue weighted by Crippen LogP contribution is -2.23. The van der Waals surface area contributed by atoms with Crippen LogP contribution in [0.5, 0.6) is 0 Å². The quantitative estimate of drug-likeness (QED) is 0.432. The molecule has 0 unspecified atom stereocenters. The number of rotatable bonds is 5. The van der Waals surface area contributed by atoms with E-state index in [4.69, 9.17) is 17.3 Å². The normalized spacial score (nSPS) is 17.4. The van der Waals surface area contributed by atoms with Gasteiger partial charge in [-0.15, -0.1) is 0 Å². The number of carbonyl (C=O) groups excluding carboxylic acids is 1. The van der Waals surface area contributed by atoms with Crippen LogP contribution in [0.15, 0.2) is 48.7 Å². The van der Waals surface area contributed by atoms with Gasteiger partial charge in [0.2, 0.25) is 0 Å². The molecule has 180 valence electrons. The van der Waals surface area contributed by atoms with Crippen molar-refractivity contribution < 1.29 is 14.3 Å². The molecular formula is C25H29ClFN5O2. The summed E-state index contributed by atoms with van der Waals surface area (Å²) in [5.41, 5.74) is 12.9. The lowest BCUT2D eigenvalue weighted by Gasteiger charge is -2.25. The summed E-state index contributed by atoms with van der Waals surface area (Å²) in [5.74, 6) is -0.810. The predicted octanol–water partition coefficient (Wildman–Crippen LogP) is 4.04. The molecule has 1 aliphatic rings. The number of anilines is 1. The zero-order chi connectivity index (χ0) is 24.7. The number of hydrogen-bond donors (Lipinski definition) is 4. The molecule has 0 saturated heterocycles. The molecule has 1 heterocycles. The molecule has 0 radical (unpaired) electrons. The van der Waals surface area contributed by atoms with E-state index in [1.54, 1.807) is 30.5 Å². The average molecular weight is 486 g/mol. The molecule has 34 heavy (non-hydrogen) atoms. The molecule has 1 aliphatic carbocycles. The highest BCUT2D eigenvalue weighted by molar-refractivity contribution is 6.30. The number of benzene rings is 2. The van der Waals surface area contributed by atoms with Crippen LogP contribution >= 0.6 is 11.6 Å². The summed E-state index contributed by atoms with van der Waals surface area (Å²) < 4.78 is 14.8. The Kier molecular flexibility index (Phi) is 8.92. The molecule has 1 amide bonds. The van der Waals surface area contributed by atoms with Gasteiger partial charge in [0.25, 0.3) is 5.91 Å². The number of amides is 1. The lowest BCUT2D eigenvalue weighted by atomic mass is 9.85. The van der Waals surface area contributed by atoms with Crippen LogP contribution in [-0.2, 0) is 6.54 Å². The second-order valence-electron chi connectivity index (χ2n) is 8.04. The largest absolute Gasteiger partial charge is 0.393 e. The minimum absolute atomic E-state index is 0.0697. The van der Waals surface area contributed by atoms with E-state index in [1.807, 2.05) is 6.07 Å². The number of nitrogen functional groups attached to an aromatic ring is 1. The summed E-state index contributed by atoms with van der Waals surface area (Å²) >= 11 is 5.95. The van der Waals surface area contributed by atoms with Gasteiger partial charge in [0.15, 0.2) is 0 Å². The van der Waals surface area contributed by atoms with E-state index in [2.05, 4.69) is 21.0 Å². The summed E-state index contributed by atoms with van der Waals surface area (Å²) in [7, 11) is 1.50. The number of aliphatic hydroxyl groups excluding tert-OH is 1. The average Bonchev–Trinajstić information content (AvgIpc) is 2.85. The minimum atomic E-state index is -0.668. The molecule has 0 bridgehead atoms. The van der Waals surface area contributed by atoms with Gasteiger partial charge in [-0.05, 0) is 62.6 Å². The molecule has 9 heteroatoms. The molecule has 1 aromatic heterocycles. The second-order valence-corrected chi connectivity index (χ2v) is 8.48. The summed E-state index contributed by atoms with van der Waals surface area (Å²) in [4.78, 5) is 21.4. The fraction of sp³-hybridized carbons (Fsp3) is 0.320. The number of nitrogens with zero attached hydrogens (tertiary/aromatic N) is 2. The van der Waals surface area contributed by atoms with E-state index in [9.17, 15) is 14.3 Å². The topological polar surface area (TPSA) is 127 Å². The van der Waals surface area contributed by atoms with Crippen LogP contribution in [0.2, 0.25) is 5.02 Å². The maximum absolute atomic E-state index is 14.8. The van der Waals surface area contributed by atoms with Gasteiger partial charge >= 0.3 is 0 Å². The van der Waals surface area contributed by atoms with Crippen molar-refractivity contribution in [1.29, 1.82) is 0 Å². The lowest BCUT2D eigenvalue weighted by molar-refractivity contribution is 0.0947. The minimum Gasteiger partial charge on any atom is -0.393 e. The van der Waals surface area contributed by atoms with E-state index < -0.39 is 11.7 Å². The van der Waals surface area contributed by atoms with E-state index in [1.165, 1.54) is 19.2 Å². The number of halogens is 2. The molecule has 2 aromatic carbocycles. The van der Waals surface area contributed by atoms with Gasteiger partial charge in [0.1, 0.15) is 17.3 Å². The van der Waals surface area contributed by atoms with Crippen LogP contribution in [0.1, 0.15) is 53.2 Å². The van der Waals surface area contributed by atoms with Gasteiger partial charge in [0.05, 0.1) is 23.6 Å². The van der Waals surface area contributed by atoms with E-state index in [-0.39, 0.29) is 29.9 Å². The summed E-state index contributed by atoms with van der Waals surface area (Å²) in [6, 6.07) is 11.4. The third kappa shape index (κ3) is 6.28. The van der Waals surface area contributed by atoms with Crippen LogP contribution in [0.3, 0.4) is 0 Å². The first-order valence-corrected chi connectivity index (χ1v) is 11.5. The Hall–Kier alpha value is -3.07.